The molecule has 10 nitrogen and oxygen atoms in total. The van der Waals surface area contributed by atoms with Gasteiger partial charge in [0.25, 0.3) is 11.6 Å². The lowest BCUT2D eigenvalue weighted by Crippen LogP contribution is -2.26. The monoisotopic (exact) mass is 382 g/mol. The minimum absolute atomic E-state index is 0.163. The first-order chi connectivity index (χ1) is 13.5. The Balaban J connectivity index is 1.48. The SMILES string of the molecule is C[C@@H](NC(=O)c1cccc([N+](=O)[O-])c1)c1nc(-c2ccc3c(c2)OCO3)no1. The molecule has 0 radical (unpaired) electrons. The maximum atomic E-state index is 12.4. The van der Waals surface area contributed by atoms with Crippen molar-refractivity contribution in [1.29, 1.82) is 0 Å². The van der Waals surface area contributed by atoms with E-state index in [-0.39, 0.29) is 23.9 Å². The summed E-state index contributed by atoms with van der Waals surface area (Å²) in [5, 5.41) is 17.5. The number of ether oxygens (including phenoxy) is 2. The van der Waals surface area contributed by atoms with Crippen molar-refractivity contribution >= 4 is 11.6 Å². The molecule has 1 amide bonds. The second kappa shape index (κ2) is 6.99. The molecule has 1 atom stereocenters. The van der Waals surface area contributed by atoms with Gasteiger partial charge in [-0.2, -0.15) is 4.98 Å². The molecule has 0 fully saturated rings. The highest BCUT2D eigenvalue weighted by atomic mass is 16.7. The van der Waals surface area contributed by atoms with E-state index in [1.165, 1.54) is 24.3 Å². The van der Waals surface area contributed by atoms with Gasteiger partial charge in [-0.1, -0.05) is 11.2 Å². The number of aromatic nitrogens is 2. The molecule has 0 saturated heterocycles. The standard InChI is InChI=1S/C18H14N4O6/c1-10(19-17(23)12-3-2-4-13(7-12)22(24)25)18-20-16(21-28-18)11-5-6-14-15(8-11)27-9-26-14/h2-8,10H,9H2,1H3,(H,19,23)/t10-/m1/s1. The van der Waals surface area contributed by atoms with Crippen LogP contribution in [0.3, 0.4) is 0 Å². The molecule has 28 heavy (non-hydrogen) atoms. The summed E-state index contributed by atoms with van der Waals surface area (Å²) in [6.45, 7) is 1.84. The Kier molecular flexibility index (Phi) is 4.36. The number of amides is 1. The van der Waals surface area contributed by atoms with Crippen LogP contribution in [-0.4, -0.2) is 27.8 Å². The molecule has 1 N–H and O–H groups in total. The van der Waals surface area contributed by atoms with Gasteiger partial charge >= 0.3 is 0 Å². The minimum Gasteiger partial charge on any atom is -0.454 e. The van der Waals surface area contributed by atoms with E-state index in [4.69, 9.17) is 14.0 Å². The summed E-state index contributed by atoms with van der Waals surface area (Å²) in [6, 6.07) is 10.1. The average Bonchev–Trinajstić information content (AvgIpc) is 3.36. The van der Waals surface area contributed by atoms with Crippen molar-refractivity contribution in [3.05, 3.63) is 64.0 Å². The molecule has 0 unspecified atom stereocenters. The zero-order valence-electron chi connectivity index (χ0n) is 14.6. The van der Waals surface area contributed by atoms with Crippen LogP contribution < -0.4 is 14.8 Å². The van der Waals surface area contributed by atoms with Crippen molar-refractivity contribution in [2.24, 2.45) is 0 Å². The van der Waals surface area contributed by atoms with Gasteiger partial charge in [0.15, 0.2) is 11.5 Å². The first-order valence-electron chi connectivity index (χ1n) is 8.30. The van der Waals surface area contributed by atoms with Gasteiger partial charge in [-0.05, 0) is 31.2 Å². The molecule has 0 aliphatic carbocycles. The number of nitro benzene ring substituents is 1. The van der Waals surface area contributed by atoms with Crippen molar-refractivity contribution in [3.63, 3.8) is 0 Å². The Hall–Kier alpha value is -3.95. The molecule has 10 heteroatoms. The second-order valence-corrected chi connectivity index (χ2v) is 6.03. The van der Waals surface area contributed by atoms with E-state index in [1.54, 1.807) is 25.1 Å². The summed E-state index contributed by atoms with van der Waals surface area (Å²) in [5.74, 6) is 1.29. The molecule has 0 saturated carbocycles. The van der Waals surface area contributed by atoms with Crippen LogP contribution in [0.4, 0.5) is 5.69 Å². The third-order valence-corrected chi connectivity index (χ3v) is 4.11. The average molecular weight is 382 g/mol. The summed E-state index contributed by atoms with van der Waals surface area (Å²) >= 11 is 0. The van der Waals surface area contributed by atoms with Crippen LogP contribution in [0.25, 0.3) is 11.4 Å². The molecule has 0 spiro atoms. The van der Waals surface area contributed by atoms with Crippen LogP contribution in [0.2, 0.25) is 0 Å². The van der Waals surface area contributed by atoms with E-state index < -0.39 is 16.9 Å². The number of nitrogens with zero attached hydrogens (tertiary/aromatic N) is 3. The molecule has 2 heterocycles. The molecule has 1 aromatic heterocycles. The number of nitrogens with one attached hydrogen (secondary N) is 1. The number of fused-ring (bicyclic) bond motifs is 1. The van der Waals surface area contributed by atoms with Crippen molar-refractivity contribution in [1.82, 2.24) is 15.5 Å². The van der Waals surface area contributed by atoms with Crippen LogP contribution in [0.15, 0.2) is 47.0 Å². The normalized spacial score (nSPS) is 13.2. The fraction of sp³-hybridized carbons (Fsp3) is 0.167. The van der Waals surface area contributed by atoms with Crippen molar-refractivity contribution in [3.8, 4) is 22.9 Å². The zero-order valence-corrected chi connectivity index (χ0v) is 14.6. The number of non-ortho nitro benzene ring substituents is 1. The maximum Gasteiger partial charge on any atom is 0.270 e. The Bertz CT molecular complexity index is 1060. The van der Waals surface area contributed by atoms with Crippen LogP contribution in [0.1, 0.15) is 29.2 Å². The number of hydrogen-bond acceptors (Lipinski definition) is 8. The molecule has 4 rings (SSSR count). The number of nitro groups is 1. The second-order valence-electron chi connectivity index (χ2n) is 6.03. The Morgan fingerprint density at radius 2 is 2.04 bits per heavy atom. The van der Waals surface area contributed by atoms with Crippen molar-refractivity contribution < 1.29 is 23.7 Å². The topological polar surface area (TPSA) is 130 Å². The van der Waals surface area contributed by atoms with Gasteiger partial charge in [-0.3, -0.25) is 14.9 Å². The Morgan fingerprint density at radius 3 is 2.86 bits per heavy atom. The first kappa shape index (κ1) is 17.5. The van der Waals surface area contributed by atoms with Gasteiger partial charge in [0.05, 0.1) is 4.92 Å². The fourth-order valence-electron chi connectivity index (χ4n) is 2.67. The highest BCUT2D eigenvalue weighted by Crippen LogP contribution is 2.35. The summed E-state index contributed by atoms with van der Waals surface area (Å²) < 4.78 is 15.8. The summed E-state index contributed by atoms with van der Waals surface area (Å²) in [4.78, 5) is 26.9. The van der Waals surface area contributed by atoms with Gasteiger partial charge in [-0.25, -0.2) is 0 Å². The first-order valence-corrected chi connectivity index (χ1v) is 8.30. The molecule has 0 bridgehead atoms. The molecule has 1 aliphatic heterocycles. The minimum atomic E-state index is -0.595. The van der Waals surface area contributed by atoms with Crippen LogP contribution in [-0.2, 0) is 0 Å². The quantitative estimate of drug-likeness (QED) is 0.527. The number of benzene rings is 2. The van der Waals surface area contributed by atoms with Crippen LogP contribution in [0.5, 0.6) is 11.5 Å². The zero-order chi connectivity index (χ0) is 19.7. The van der Waals surface area contributed by atoms with Crippen LogP contribution >= 0.6 is 0 Å². The third kappa shape index (κ3) is 3.34. The van der Waals surface area contributed by atoms with Gasteiger partial charge in [0.2, 0.25) is 18.5 Å². The van der Waals surface area contributed by atoms with Crippen molar-refractivity contribution in [2.75, 3.05) is 6.79 Å². The Morgan fingerprint density at radius 1 is 1.21 bits per heavy atom. The summed E-state index contributed by atoms with van der Waals surface area (Å²) in [6.07, 6.45) is 0. The predicted molar refractivity (Wildman–Crippen MR) is 94.8 cm³/mol. The largest absolute Gasteiger partial charge is 0.454 e. The van der Waals surface area contributed by atoms with Gasteiger partial charge in [0.1, 0.15) is 6.04 Å². The van der Waals surface area contributed by atoms with E-state index in [0.717, 1.165) is 0 Å². The molecule has 142 valence electrons. The summed E-state index contributed by atoms with van der Waals surface area (Å²) in [7, 11) is 0. The number of carbonyl (C=O) groups is 1. The predicted octanol–water partition coefficient (Wildman–Crippen LogP) is 2.86. The van der Waals surface area contributed by atoms with Crippen LogP contribution in [0, 0.1) is 10.1 Å². The van der Waals surface area contributed by atoms with Gasteiger partial charge in [-0.15, -0.1) is 0 Å². The van der Waals surface area contributed by atoms with E-state index >= 15 is 0 Å². The number of rotatable bonds is 5. The van der Waals surface area contributed by atoms with Crippen molar-refractivity contribution in [2.45, 2.75) is 13.0 Å². The van der Waals surface area contributed by atoms with E-state index in [9.17, 15) is 14.9 Å². The van der Waals surface area contributed by atoms with Gasteiger partial charge < -0.3 is 19.3 Å². The lowest BCUT2D eigenvalue weighted by molar-refractivity contribution is -0.384. The highest BCUT2D eigenvalue weighted by Gasteiger charge is 2.21. The van der Waals surface area contributed by atoms with E-state index in [1.807, 2.05) is 0 Å². The smallest absolute Gasteiger partial charge is 0.270 e. The molecular formula is C18H14N4O6. The molecule has 2 aromatic carbocycles. The highest BCUT2D eigenvalue weighted by molar-refractivity contribution is 5.95. The Labute approximate surface area is 158 Å². The third-order valence-electron chi connectivity index (χ3n) is 4.11. The lowest BCUT2D eigenvalue weighted by atomic mass is 10.1. The fourth-order valence-corrected chi connectivity index (χ4v) is 2.67. The van der Waals surface area contributed by atoms with Gasteiger partial charge in [0, 0.05) is 23.3 Å². The maximum absolute atomic E-state index is 12.4. The molecule has 1 aliphatic rings. The van der Waals surface area contributed by atoms with E-state index in [2.05, 4.69) is 15.5 Å². The lowest BCUT2D eigenvalue weighted by Gasteiger charge is -2.09. The molecule has 3 aromatic rings. The van der Waals surface area contributed by atoms with E-state index in [0.29, 0.717) is 22.9 Å². The summed E-state index contributed by atoms with van der Waals surface area (Å²) in [5.41, 5.74) is 0.677. The number of hydrogen-bond donors (Lipinski definition) is 1. The number of carbonyl (C=O) groups excluding carboxylic acids is 1. The molecular weight excluding hydrogens is 368 g/mol.